The molecular formula is C18H23N3O2. The van der Waals surface area contributed by atoms with Crippen LogP contribution in [0.2, 0.25) is 0 Å². The summed E-state index contributed by atoms with van der Waals surface area (Å²) in [6.07, 6.45) is 6.45. The van der Waals surface area contributed by atoms with Gasteiger partial charge in [-0.1, -0.05) is 24.6 Å². The highest BCUT2D eigenvalue weighted by molar-refractivity contribution is 5.96. The second kappa shape index (κ2) is 8.04. The molecule has 0 radical (unpaired) electrons. The summed E-state index contributed by atoms with van der Waals surface area (Å²) in [5, 5.41) is 0.949. The molecule has 1 amide bonds. The van der Waals surface area contributed by atoms with Crippen molar-refractivity contribution in [2.75, 3.05) is 26.2 Å². The molecule has 1 N–H and O–H groups in total. The van der Waals surface area contributed by atoms with E-state index in [2.05, 4.69) is 15.4 Å². The Kier molecular flexibility index (Phi) is 5.56. The van der Waals surface area contributed by atoms with E-state index in [1.165, 1.54) is 32.4 Å². The molecular weight excluding hydrogens is 290 g/mol. The lowest BCUT2D eigenvalue weighted by molar-refractivity contribution is 0.0272. The number of fused-ring (bicyclic) bond motifs is 1. The second-order valence-electron chi connectivity index (χ2n) is 5.95. The van der Waals surface area contributed by atoms with Gasteiger partial charge in [0.15, 0.2) is 0 Å². The normalized spacial score (nSPS) is 15.7. The van der Waals surface area contributed by atoms with Crippen molar-refractivity contribution in [2.24, 2.45) is 0 Å². The molecule has 1 saturated heterocycles. The van der Waals surface area contributed by atoms with Crippen molar-refractivity contribution < 1.29 is 9.63 Å². The van der Waals surface area contributed by atoms with Crippen LogP contribution in [-0.4, -0.2) is 42.0 Å². The van der Waals surface area contributed by atoms with E-state index < -0.39 is 0 Å². The average molecular weight is 313 g/mol. The van der Waals surface area contributed by atoms with Gasteiger partial charge >= 0.3 is 0 Å². The third-order valence-corrected chi connectivity index (χ3v) is 4.19. The topological polar surface area (TPSA) is 54.5 Å². The number of aromatic nitrogens is 1. The van der Waals surface area contributed by atoms with Gasteiger partial charge in [-0.15, -0.1) is 0 Å². The highest BCUT2D eigenvalue weighted by Gasteiger charge is 2.10. The molecule has 0 bridgehead atoms. The standard InChI is InChI=1S/C18H23N3O2/c22-18(16-13-15-7-2-3-8-17(15)19-14-16)20-23-12-6-11-21-9-4-1-5-10-21/h2-3,7-8,13-14H,1,4-6,9-12H2,(H,20,22). The average Bonchev–Trinajstić information content (AvgIpc) is 2.61. The maximum Gasteiger partial charge on any atom is 0.276 e. The van der Waals surface area contributed by atoms with Crippen molar-refractivity contribution in [1.82, 2.24) is 15.4 Å². The van der Waals surface area contributed by atoms with Gasteiger partial charge in [0.2, 0.25) is 0 Å². The molecule has 0 spiro atoms. The molecule has 1 aromatic heterocycles. The molecule has 1 aromatic carbocycles. The first-order valence-corrected chi connectivity index (χ1v) is 8.32. The molecule has 1 fully saturated rings. The lowest BCUT2D eigenvalue weighted by Crippen LogP contribution is -2.32. The van der Waals surface area contributed by atoms with Gasteiger partial charge < -0.3 is 4.90 Å². The molecule has 0 aliphatic carbocycles. The van der Waals surface area contributed by atoms with Gasteiger partial charge in [0.05, 0.1) is 17.7 Å². The minimum atomic E-state index is -0.249. The number of likely N-dealkylation sites (tertiary alicyclic amines) is 1. The quantitative estimate of drug-likeness (QED) is 0.658. The Labute approximate surface area is 136 Å². The lowest BCUT2D eigenvalue weighted by Gasteiger charge is -2.26. The van der Waals surface area contributed by atoms with Crippen LogP contribution in [0.4, 0.5) is 0 Å². The van der Waals surface area contributed by atoms with Crippen LogP contribution in [0.3, 0.4) is 0 Å². The summed E-state index contributed by atoms with van der Waals surface area (Å²) < 4.78 is 0. The zero-order valence-electron chi connectivity index (χ0n) is 13.3. The SMILES string of the molecule is O=C(NOCCCN1CCCCC1)c1cnc2ccccc2c1. The molecule has 5 heteroatoms. The van der Waals surface area contributed by atoms with Crippen LogP contribution < -0.4 is 5.48 Å². The van der Waals surface area contributed by atoms with E-state index in [1.807, 2.05) is 30.3 Å². The van der Waals surface area contributed by atoms with E-state index >= 15 is 0 Å². The van der Waals surface area contributed by atoms with Crippen LogP contribution >= 0.6 is 0 Å². The minimum absolute atomic E-state index is 0.249. The molecule has 2 heterocycles. The summed E-state index contributed by atoms with van der Waals surface area (Å²) in [5.41, 5.74) is 3.90. The summed E-state index contributed by atoms with van der Waals surface area (Å²) in [4.78, 5) is 24.1. The molecule has 1 aliphatic rings. The Morgan fingerprint density at radius 2 is 2.04 bits per heavy atom. The Bertz CT molecular complexity index is 654. The summed E-state index contributed by atoms with van der Waals surface area (Å²) in [7, 11) is 0. The number of rotatable bonds is 6. The van der Waals surface area contributed by atoms with Crippen LogP contribution in [0, 0.1) is 0 Å². The van der Waals surface area contributed by atoms with Crippen LogP contribution in [0.25, 0.3) is 10.9 Å². The molecule has 0 unspecified atom stereocenters. The zero-order chi connectivity index (χ0) is 15.9. The summed E-state index contributed by atoms with van der Waals surface area (Å²) >= 11 is 0. The van der Waals surface area contributed by atoms with E-state index in [-0.39, 0.29) is 5.91 Å². The maximum atomic E-state index is 12.1. The largest absolute Gasteiger partial charge is 0.303 e. The molecule has 2 aromatic rings. The molecule has 0 atom stereocenters. The van der Waals surface area contributed by atoms with Gasteiger partial charge in [-0.2, -0.15) is 0 Å². The number of para-hydroxylation sites is 1. The Morgan fingerprint density at radius 3 is 2.91 bits per heavy atom. The van der Waals surface area contributed by atoms with Crippen LogP contribution in [0.15, 0.2) is 36.5 Å². The van der Waals surface area contributed by atoms with Crippen LogP contribution in [0.1, 0.15) is 36.0 Å². The van der Waals surface area contributed by atoms with Crippen molar-refractivity contribution in [3.8, 4) is 0 Å². The molecule has 5 nitrogen and oxygen atoms in total. The number of hydrogen-bond acceptors (Lipinski definition) is 4. The number of piperidine rings is 1. The van der Waals surface area contributed by atoms with E-state index in [1.54, 1.807) is 6.20 Å². The smallest absolute Gasteiger partial charge is 0.276 e. The number of hydroxylamine groups is 1. The van der Waals surface area contributed by atoms with Gasteiger partial charge in [0, 0.05) is 18.1 Å². The number of benzene rings is 1. The number of amides is 1. The van der Waals surface area contributed by atoms with Gasteiger partial charge in [-0.3, -0.25) is 14.6 Å². The lowest BCUT2D eigenvalue weighted by atomic mass is 10.1. The summed E-state index contributed by atoms with van der Waals surface area (Å²) in [6, 6.07) is 9.56. The van der Waals surface area contributed by atoms with Gasteiger partial charge in [0.25, 0.3) is 5.91 Å². The fourth-order valence-electron chi connectivity index (χ4n) is 2.91. The number of nitrogens with zero attached hydrogens (tertiary/aromatic N) is 2. The Balaban J connectivity index is 1.41. The summed E-state index contributed by atoms with van der Waals surface area (Å²) in [6.45, 7) is 3.95. The van der Waals surface area contributed by atoms with Crippen molar-refractivity contribution in [1.29, 1.82) is 0 Å². The highest BCUT2D eigenvalue weighted by atomic mass is 16.6. The van der Waals surface area contributed by atoms with Gasteiger partial charge in [0.1, 0.15) is 0 Å². The zero-order valence-corrected chi connectivity index (χ0v) is 13.3. The monoisotopic (exact) mass is 313 g/mol. The molecule has 3 rings (SSSR count). The Hall–Kier alpha value is -1.98. The van der Waals surface area contributed by atoms with E-state index in [0.29, 0.717) is 12.2 Å². The van der Waals surface area contributed by atoms with E-state index in [4.69, 9.17) is 4.84 Å². The third kappa shape index (κ3) is 4.50. The number of pyridine rings is 1. The van der Waals surface area contributed by atoms with Gasteiger partial charge in [-0.05, 0) is 44.5 Å². The van der Waals surface area contributed by atoms with Crippen LogP contribution in [0.5, 0.6) is 0 Å². The molecule has 122 valence electrons. The van der Waals surface area contributed by atoms with Crippen molar-refractivity contribution in [3.05, 3.63) is 42.1 Å². The maximum absolute atomic E-state index is 12.1. The Morgan fingerprint density at radius 1 is 1.22 bits per heavy atom. The first kappa shape index (κ1) is 15.9. The van der Waals surface area contributed by atoms with Crippen molar-refractivity contribution in [3.63, 3.8) is 0 Å². The number of hydrogen-bond donors (Lipinski definition) is 1. The second-order valence-corrected chi connectivity index (χ2v) is 5.95. The first-order valence-electron chi connectivity index (χ1n) is 8.32. The predicted octanol–water partition coefficient (Wildman–Crippen LogP) is 2.77. The number of nitrogens with one attached hydrogen (secondary N) is 1. The fraction of sp³-hybridized carbons (Fsp3) is 0.444. The predicted molar refractivity (Wildman–Crippen MR) is 90.1 cm³/mol. The first-order chi connectivity index (χ1) is 11.3. The van der Waals surface area contributed by atoms with Crippen molar-refractivity contribution >= 4 is 16.8 Å². The van der Waals surface area contributed by atoms with E-state index in [9.17, 15) is 4.79 Å². The molecule has 0 saturated carbocycles. The molecule has 23 heavy (non-hydrogen) atoms. The van der Waals surface area contributed by atoms with Crippen LogP contribution in [-0.2, 0) is 4.84 Å². The molecule has 1 aliphatic heterocycles. The highest BCUT2D eigenvalue weighted by Crippen LogP contribution is 2.12. The van der Waals surface area contributed by atoms with E-state index in [0.717, 1.165) is 23.9 Å². The van der Waals surface area contributed by atoms with Crippen molar-refractivity contribution in [2.45, 2.75) is 25.7 Å². The number of carbonyl (C=O) groups excluding carboxylic acids is 1. The summed E-state index contributed by atoms with van der Waals surface area (Å²) in [5.74, 6) is -0.249. The fourth-order valence-corrected chi connectivity index (χ4v) is 2.91. The minimum Gasteiger partial charge on any atom is -0.303 e. The number of carbonyl (C=O) groups is 1. The van der Waals surface area contributed by atoms with Gasteiger partial charge in [-0.25, -0.2) is 5.48 Å². The third-order valence-electron chi connectivity index (χ3n) is 4.19.